The van der Waals surface area contributed by atoms with Gasteiger partial charge in [-0.2, -0.15) is 0 Å². The van der Waals surface area contributed by atoms with Gasteiger partial charge in [0.05, 0.1) is 27.9 Å². The SMILES string of the molecule is COc1cccc(C(=O)CC(COC(=O)c2cccc(C)c2OC)C(C)OC(=O)c2cccc(C)c2OC)c1C. The lowest BCUT2D eigenvalue weighted by molar-refractivity contribution is -0.0000264. The van der Waals surface area contributed by atoms with E-state index in [0.717, 1.165) is 11.1 Å². The van der Waals surface area contributed by atoms with Crippen molar-refractivity contribution in [1.29, 1.82) is 0 Å². The third-order valence-electron chi connectivity index (χ3n) is 6.91. The number of ketones is 1. The van der Waals surface area contributed by atoms with Crippen molar-refractivity contribution in [3.8, 4) is 17.2 Å². The van der Waals surface area contributed by atoms with E-state index >= 15 is 0 Å². The highest BCUT2D eigenvalue weighted by atomic mass is 16.6. The van der Waals surface area contributed by atoms with Gasteiger partial charge in [-0.05, 0) is 57.0 Å². The highest BCUT2D eigenvalue weighted by Crippen LogP contribution is 2.28. The van der Waals surface area contributed by atoms with Gasteiger partial charge >= 0.3 is 11.9 Å². The quantitative estimate of drug-likeness (QED) is 0.203. The van der Waals surface area contributed by atoms with E-state index in [-0.39, 0.29) is 29.9 Å². The second-order valence-corrected chi connectivity index (χ2v) is 9.54. The van der Waals surface area contributed by atoms with Crippen molar-refractivity contribution in [2.45, 2.75) is 40.2 Å². The van der Waals surface area contributed by atoms with Crippen molar-refractivity contribution in [3.63, 3.8) is 0 Å². The van der Waals surface area contributed by atoms with Crippen molar-refractivity contribution in [3.05, 3.63) is 88.0 Å². The average molecular weight is 549 g/mol. The maximum atomic E-state index is 13.4. The van der Waals surface area contributed by atoms with E-state index in [4.69, 9.17) is 23.7 Å². The molecule has 0 aliphatic carbocycles. The first-order valence-corrected chi connectivity index (χ1v) is 12.9. The monoisotopic (exact) mass is 548 g/mol. The Balaban J connectivity index is 1.86. The summed E-state index contributed by atoms with van der Waals surface area (Å²) in [5, 5.41) is 0. The van der Waals surface area contributed by atoms with E-state index in [0.29, 0.717) is 28.4 Å². The number of carbonyl (C=O) groups excluding carboxylic acids is 3. The summed E-state index contributed by atoms with van der Waals surface area (Å²) < 4.78 is 27.6. The highest BCUT2D eigenvalue weighted by molar-refractivity contribution is 5.98. The van der Waals surface area contributed by atoms with Crippen LogP contribution in [0.4, 0.5) is 0 Å². The molecule has 0 N–H and O–H groups in total. The van der Waals surface area contributed by atoms with E-state index in [9.17, 15) is 14.4 Å². The number of ether oxygens (including phenoxy) is 5. The van der Waals surface area contributed by atoms with E-state index in [1.165, 1.54) is 14.2 Å². The fourth-order valence-corrected chi connectivity index (χ4v) is 4.60. The molecule has 0 fully saturated rings. The van der Waals surface area contributed by atoms with Gasteiger partial charge in [-0.15, -0.1) is 0 Å². The minimum absolute atomic E-state index is 0.0361. The van der Waals surface area contributed by atoms with Crippen LogP contribution in [0.15, 0.2) is 54.6 Å². The third kappa shape index (κ3) is 6.81. The van der Waals surface area contributed by atoms with Gasteiger partial charge < -0.3 is 23.7 Å². The number of Topliss-reactive ketones (excluding diaryl/α,β-unsaturated/α-hetero) is 1. The normalized spacial score (nSPS) is 12.2. The number of aryl methyl sites for hydroxylation is 2. The molecule has 0 bridgehead atoms. The Morgan fingerprint density at radius 2 is 1.23 bits per heavy atom. The number of esters is 2. The summed E-state index contributed by atoms with van der Waals surface area (Å²) in [6.07, 6.45) is -0.814. The van der Waals surface area contributed by atoms with Crippen LogP contribution in [-0.4, -0.2) is 51.8 Å². The van der Waals surface area contributed by atoms with Crippen LogP contribution in [0, 0.1) is 26.7 Å². The Hall–Kier alpha value is -4.33. The topological polar surface area (TPSA) is 97.4 Å². The molecule has 40 heavy (non-hydrogen) atoms. The fraction of sp³-hybridized carbons (Fsp3) is 0.344. The van der Waals surface area contributed by atoms with E-state index in [2.05, 4.69) is 0 Å². The summed E-state index contributed by atoms with van der Waals surface area (Å²) in [6, 6.07) is 15.6. The molecule has 0 aromatic heterocycles. The van der Waals surface area contributed by atoms with Crippen molar-refractivity contribution < 1.29 is 38.1 Å². The maximum absolute atomic E-state index is 13.4. The lowest BCUT2D eigenvalue weighted by Crippen LogP contribution is -2.31. The zero-order valence-corrected chi connectivity index (χ0v) is 24.0. The summed E-state index contributed by atoms with van der Waals surface area (Å²) in [7, 11) is 4.51. The van der Waals surface area contributed by atoms with Crippen LogP contribution in [0.1, 0.15) is 61.1 Å². The Bertz CT molecular complexity index is 1380. The molecule has 212 valence electrons. The number of hydrogen-bond acceptors (Lipinski definition) is 8. The average Bonchev–Trinajstić information content (AvgIpc) is 2.94. The van der Waals surface area contributed by atoms with Crippen molar-refractivity contribution in [1.82, 2.24) is 0 Å². The molecule has 0 spiro atoms. The number of carbonyl (C=O) groups is 3. The van der Waals surface area contributed by atoms with E-state index < -0.39 is 24.0 Å². The summed E-state index contributed by atoms with van der Waals surface area (Å²) in [5.74, 6) is -0.620. The maximum Gasteiger partial charge on any atom is 0.342 e. The largest absolute Gasteiger partial charge is 0.496 e. The summed E-state index contributed by atoms with van der Waals surface area (Å²) in [6.45, 7) is 6.98. The van der Waals surface area contributed by atoms with E-state index in [1.807, 2.05) is 26.0 Å². The van der Waals surface area contributed by atoms with Crippen molar-refractivity contribution in [2.75, 3.05) is 27.9 Å². The van der Waals surface area contributed by atoms with Crippen LogP contribution in [0.3, 0.4) is 0 Å². The number of hydrogen-bond donors (Lipinski definition) is 0. The molecule has 0 amide bonds. The smallest absolute Gasteiger partial charge is 0.342 e. The minimum Gasteiger partial charge on any atom is -0.496 e. The van der Waals surface area contributed by atoms with Gasteiger partial charge in [0.25, 0.3) is 0 Å². The molecule has 8 nitrogen and oxygen atoms in total. The molecule has 0 radical (unpaired) electrons. The third-order valence-corrected chi connectivity index (χ3v) is 6.91. The van der Waals surface area contributed by atoms with Crippen LogP contribution in [0.5, 0.6) is 17.2 Å². The zero-order valence-electron chi connectivity index (χ0n) is 24.0. The molecule has 2 unspecified atom stereocenters. The molecule has 0 aliphatic heterocycles. The first-order valence-electron chi connectivity index (χ1n) is 12.9. The van der Waals surface area contributed by atoms with Gasteiger partial charge in [-0.1, -0.05) is 36.4 Å². The molecular formula is C32H36O8. The van der Waals surface area contributed by atoms with E-state index in [1.54, 1.807) is 63.4 Å². The Labute approximate surface area is 235 Å². The molecule has 0 aliphatic rings. The number of para-hydroxylation sites is 2. The number of rotatable bonds is 12. The second kappa shape index (κ2) is 13.6. The number of benzene rings is 3. The first kappa shape index (κ1) is 30.2. The Morgan fingerprint density at radius 1 is 0.700 bits per heavy atom. The predicted octanol–water partition coefficient (Wildman–Crippen LogP) is 5.93. The van der Waals surface area contributed by atoms with Crippen LogP contribution in [0.25, 0.3) is 0 Å². The van der Waals surface area contributed by atoms with Gasteiger partial charge in [-0.3, -0.25) is 4.79 Å². The van der Waals surface area contributed by atoms with Gasteiger partial charge in [-0.25, -0.2) is 9.59 Å². The van der Waals surface area contributed by atoms with Crippen LogP contribution in [0.2, 0.25) is 0 Å². The zero-order chi connectivity index (χ0) is 29.4. The summed E-state index contributed by atoms with van der Waals surface area (Å²) >= 11 is 0. The van der Waals surface area contributed by atoms with Crippen molar-refractivity contribution in [2.24, 2.45) is 5.92 Å². The molecule has 0 heterocycles. The predicted molar refractivity (Wildman–Crippen MR) is 151 cm³/mol. The summed E-state index contributed by atoms with van der Waals surface area (Å²) in [4.78, 5) is 39.6. The molecule has 3 aromatic rings. The van der Waals surface area contributed by atoms with Crippen LogP contribution >= 0.6 is 0 Å². The van der Waals surface area contributed by atoms with Gasteiger partial charge in [0.2, 0.25) is 0 Å². The summed E-state index contributed by atoms with van der Waals surface area (Å²) in [5.41, 5.74) is 3.28. The van der Waals surface area contributed by atoms with Crippen LogP contribution < -0.4 is 14.2 Å². The van der Waals surface area contributed by atoms with Crippen LogP contribution in [-0.2, 0) is 9.47 Å². The number of methoxy groups -OCH3 is 3. The lowest BCUT2D eigenvalue weighted by atomic mass is 9.92. The van der Waals surface area contributed by atoms with Gasteiger partial charge in [0, 0.05) is 23.5 Å². The standard InChI is InChI=1S/C32H36O8/c1-19-11-8-14-25(29(19)37-6)31(34)39-18-23(17-27(33)24-13-10-16-28(36-5)21(24)3)22(4)40-32(35)26-15-9-12-20(2)30(26)38-7/h8-16,22-23H,17-18H2,1-7H3. The fourth-order valence-electron chi connectivity index (χ4n) is 4.60. The Kier molecular flexibility index (Phi) is 10.3. The molecule has 3 rings (SSSR count). The highest BCUT2D eigenvalue weighted by Gasteiger charge is 2.29. The molecule has 2 atom stereocenters. The molecule has 0 saturated heterocycles. The lowest BCUT2D eigenvalue weighted by Gasteiger charge is -2.24. The molecule has 8 heteroatoms. The minimum atomic E-state index is -0.778. The first-order chi connectivity index (χ1) is 19.1. The molecule has 0 saturated carbocycles. The molecule has 3 aromatic carbocycles. The van der Waals surface area contributed by atoms with Gasteiger partial charge in [0.15, 0.2) is 5.78 Å². The van der Waals surface area contributed by atoms with Gasteiger partial charge in [0.1, 0.15) is 34.5 Å². The Morgan fingerprint density at radius 3 is 1.77 bits per heavy atom. The molecular weight excluding hydrogens is 512 g/mol. The van der Waals surface area contributed by atoms with Crippen molar-refractivity contribution >= 4 is 17.7 Å². The second-order valence-electron chi connectivity index (χ2n) is 9.54.